The summed E-state index contributed by atoms with van der Waals surface area (Å²) in [7, 11) is 1.23. The third-order valence-corrected chi connectivity index (χ3v) is 3.81. The normalized spacial score (nSPS) is 18.7. The molecule has 23 heavy (non-hydrogen) atoms. The van der Waals surface area contributed by atoms with Crippen molar-refractivity contribution in [3.63, 3.8) is 0 Å². The van der Waals surface area contributed by atoms with Crippen molar-refractivity contribution in [3.05, 3.63) is 35.5 Å². The Morgan fingerprint density at radius 2 is 2.26 bits per heavy atom. The highest BCUT2D eigenvalue weighted by Gasteiger charge is 2.22. The lowest BCUT2D eigenvalue weighted by atomic mass is 10.1. The van der Waals surface area contributed by atoms with Gasteiger partial charge in [-0.2, -0.15) is 4.39 Å². The average Bonchev–Trinajstić information content (AvgIpc) is 2.89. The molecule has 122 valence electrons. The van der Waals surface area contributed by atoms with Gasteiger partial charge in [0.2, 0.25) is 5.95 Å². The van der Waals surface area contributed by atoms with Gasteiger partial charge < -0.3 is 9.47 Å². The van der Waals surface area contributed by atoms with Crippen molar-refractivity contribution >= 4 is 22.9 Å². The second kappa shape index (κ2) is 6.45. The van der Waals surface area contributed by atoms with Crippen LogP contribution in [-0.2, 0) is 14.3 Å². The second-order valence-corrected chi connectivity index (χ2v) is 5.30. The number of benzene rings is 1. The lowest BCUT2D eigenvalue weighted by molar-refractivity contribution is -0.134. The first-order valence-electron chi connectivity index (χ1n) is 7.35. The molecule has 2 heterocycles. The van der Waals surface area contributed by atoms with Gasteiger partial charge in [0.15, 0.2) is 6.23 Å². The van der Waals surface area contributed by atoms with Crippen molar-refractivity contribution in [3.8, 4) is 0 Å². The molecule has 1 unspecified atom stereocenters. The van der Waals surface area contributed by atoms with E-state index in [1.807, 2.05) is 0 Å². The van der Waals surface area contributed by atoms with Crippen LogP contribution in [0.5, 0.6) is 0 Å². The summed E-state index contributed by atoms with van der Waals surface area (Å²) in [6.45, 7) is 0.587. The third kappa shape index (κ3) is 3.10. The Balaban J connectivity index is 2.05. The molecule has 7 heteroatoms. The molecule has 0 radical (unpaired) electrons. The van der Waals surface area contributed by atoms with Gasteiger partial charge in [0, 0.05) is 18.2 Å². The first-order valence-corrected chi connectivity index (χ1v) is 7.35. The van der Waals surface area contributed by atoms with Crippen molar-refractivity contribution in [1.82, 2.24) is 9.78 Å². The molecule has 1 aliphatic heterocycles. The highest BCUT2D eigenvalue weighted by molar-refractivity contribution is 5.89. The van der Waals surface area contributed by atoms with Crippen molar-refractivity contribution in [2.75, 3.05) is 13.7 Å². The summed E-state index contributed by atoms with van der Waals surface area (Å²) in [5.41, 5.74) is 0.583. The summed E-state index contributed by atoms with van der Waals surface area (Å²) in [6.07, 6.45) is 4.68. The number of hydrogen-bond acceptors (Lipinski definition) is 4. The van der Waals surface area contributed by atoms with E-state index in [0.29, 0.717) is 12.1 Å². The average molecular weight is 322 g/mol. The van der Waals surface area contributed by atoms with Crippen LogP contribution in [0.1, 0.15) is 31.1 Å². The number of ether oxygens (including phenoxy) is 2. The van der Waals surface area contributed by atoms with Crippen molar-refractivity contribution in [1.29, 1.82) is 0 Å². The highest BCUT2D eigenvalue weighted by atomic mass is 19.1. The maximum atomic E-state index is 14.1. The minimum atomic E-state index is -0.739. The zero-order valence-corrected chi connectivity index (χ0v) is 12.6. The van der Waals surface area contributed by atoms with E-state index in [4.69, 9.17) is 4.74 Å². The van der Waals surface area contributed by atoms with E-state index in [-0.39, 0.29) is 17.2 Å². The largest absolute Gasteiger partial charge is 0.466 e. The number of halogens is 2. The molecule has 2 aromatic rings. The number of nitrogens with zero attached hydrogens (tertiary/aromatic N) is 2. The molecule has 1 aromatic carbocycles. The molecule has 1 aromatic heterocycles. The summed E-state index contributed by atoms with van der Waals surface area (Å²) < 4.78 is 39.6. The molecule has 0 amide bonds. The van der Waals surface area contributed by atoms with Crippen LogP contribution >= 0.6 is 0 Å². The van der Waals surface area contributed by atoms with E-state index in [1.54, 1.807) is 0 Å². The molecule has 0 bridgehead atoms. The lowest BCUT2D eigenvalue weighted by Gasteiger charge is -2.23. The van der Waals surface area contributed by atoms with Gasteiger partial charge in [0.1, 0.15) is 5.82 Å². The van der Waals surface area contributed by atoms with E-state index in [2.05, 4.69) is 9.84 Å². The number of hydrogen-bond donors (Lipinski definition) is 0. The van der Waals surface area contributed by atoms with Gasteiger partial charge in [-0.1, -0.05) is 0 Å². The summed E-state index contributed by atoms with van der Waals surface area (Å²) in [6, 6.07) is 2.53. The molecular formula is C16H16F2N2O3. The number of fused-ring (bicyclic) bond motifs is 1. The molecule has 5 nitrogen and oxygen atoms in total. The molecule has 1 atom stereocenters. The van der Waals surface area contributed by atoms with Crippen molar-refractivity contribution in [2.45, 2.75) is 25.5 Å². The number of carbonyl (C=O) groups is 1. The highest BCUT2D eigenvalue weighted by Crippen LogP contribution is 2.29. The fourth-order valence-electron chi connectivity index (χ4n) is 2.62. The maximum Gasteiger partial charge on any atom is 0.330 e. The van der Waals surface area contributed by atoms with Crippen LogP contribution in [-0.4, -0.2) is 29.5 Å². The fourth-order valence-corrected chi connectivity index (χ4v) is 2.62. The summed E-state index contributed by atoms with van der Waals surface area (Å²) in [4.78, 5) is 11.1. The maximum absolute atomic E-state index is 14.1. The van der Waals surface area contributed by atoms with Crippen LogP contribution in [0.4, 0.5) is 8.78 Å². The smallest absolute Gasteiger partial charge is 0.330 e. The van der Waals surface area contributed by atoms with Crippen LogP contribution in [0.25, 0.3) is 17.0 Å². The molecular weight excluding hydrogens is 306 g/mol. The number of rotatable bonds is 3. The van der Waals surface area contributed by atoms with Gasteiger partial charge in [-0.15, -0.1) is 5.10 Å². The molecule has 0 N–H and O–H groups in total. The van der Waals surface area contributed by atoms with E-state index in [0.717, 1.165) is 31.4 Å². The van der Waals surface area contributed by atoms with Gasteiger partial charge in [-0.25, -0.2) is 13.9 Å². The van der Waals surface area contributed by atoms with Crippen molar-refractivity contribution in [2.24, 2.45) is 0 Å². The van der Waals surface area contributed by atoms with Crippen LogP contribution in [0.2, 0.25) is 0 Å². The zero-order chi connectivity index (χ0) is 16.4. The van der Waals surface area contributed by atoms with Crippen LogP contribution in [0.3, 0.4) is 0 Å². The van der Waals surface area contributed by atoms with E-state index in [1.165, 1.54) is 23.9 Å². The first-order chi connectivity index (χ1) is 11.1. The monoisotopic (exact) mass is 322 g/mol. The van der Waals surface area contributed by atoms with Gasteiger partial charge in [0.25, 0.3) is 0 Å². The minimum absolute atomic E-state index is 0.0897. The SMILES string of the molecule is COC(=O)/C=C/c1cc2c(cc1F)c(F)nn2C1CCCCO1. The van der Waals surface area contributed by atoms with Gasteiger partial charge in [0.05, 0.1) is 18.0 Å². The Hall–Kier alpha value is -2.28. The summed E-state index contributed by atoms with van der Waals surface area (Å²) in [5.74, 6) is -1.97. The van der Waals surface area contributed by atoms with Gasteiger partial charge in [-0.05, 0) is 37.5 Å². The number of esters is 1. The summed E-state index contributed by atoms with van der Waals surface area (Å²) in [5, 5.41) is 3.94. The standard InChI is InChI=1S/C16H16F2N2O3/c1-22-15(21)6-5-10-8-13-11(9-12(10)17)16(18)19-20(13)14-4-2-3-7-23-14/h5-6,8-9,14H,2-4,7H2,1H3/b6-5+. The lowest BCUT2D eigenvalue weighted by Crippen LogP contribution is -2.19. The number of methoxy groups -OCH3 is 1. The number of aromatic nitrogens is 2. The molecule has 1 aliphatic rings. The predicted octanol–water partition coefficient (Wildman–Crippen LogP) is 3.20. The Bertz CT molecular complexity index is 764. The second-order valence-electron chi connectivity index (χ2n) is 5.30. The fraction of sp³-hybridized carbons (Fsp3) is 0.375. The quantitative estimate of drug-likeness (QED) is 0.643. The van der Waals surface area contributed by atoms with E-state index in [9.17, 15) is 13.6 Å². The molecule has 1 saturated heterocycles. The molecule has 0 spiro atoms. The Morgan fingerprint density at radius 1 is 1.43 bits per heavy atom. The Labute approximate surface area is 131 Å². The Kier molecular flexibility index (Phi) is 4.38. The van der Waals surface area contributed by atoms with Crippen molar-refractivity contribution < 1.29 is 23.0 Å². The third-order valence-electron chi connectivity index (χ3n) is 3.81. The van der Waals surface area contributed by atoms with E-state index < -0.39 is 17.7 Å². The summed E-state index contributed by atoms with van der Waals surface area (Å²) >= 11 is 0. The van der Waals surface area contributed by atoms with Crippen LogP contribution in [0, 0.1) is 11.8 Å². The Morgan fingerprint density at radius 3 is 2.96 bits per heavy atom. The first kappa shape index (κ1) is 15.6. The molecule has 0 saturated carbocycles. The molecule has 0 aliphatic carbocycles. The predicted molar refractivity (Wildman–Crippen MR) is 79.5 cm³/mol. The topological polar surface area (TPSA) is 53.3 Å². The van der Waals surface area contributed by atoms with Crippen LogP contribution in [0.15, 0.2) is 18.2 Å². The minimum Gasteiger partial charge on any atom is -0.466 e. The van der Waals surface area contributed by atoms with Crippen LogP contribution < -0.4 is 0 Å². The molecule has 3 rings (SSSR count). The molecule has 1 fully saturated rings. The van der Waals surface area contributed by atoms with Gasteiger partial charge in [-0.3, -0.25) is 0 Å². The number of carbonyl (C=O) groups excluding carboxylic acids is 1. The van der Waals surface area contributed by atoms with E-state index >= 15 is 0 Å². The van der Waals surface area contributed by atoms with Gasteiger partial charge >= 0.3 is 5.97 Å². The zero-order valence-electron chi connectivity index (χ0n) is 12.6.